The Hall–Kier alpha value is -2.89. The van der Waals surface area contributed by atoms with Crippen LogP contribution in [0.4, 0.5) is 16.3 Å². The normalized spacial score (nSPS) is 16.9. The first-order valence-electron chi connectivity index (χ1n) is 9.15. The van der Waals surface area contributed by atoms with Crippen LogP contribution in [0.15, 0.2) is 48.7 Å². The third kappa shape index (κ3) is 4.27. The van der Waals surface area contributed by atoms with Crippen molar-refractivity contribution in [2.45, 2.75) is 45.3 Å². The summed E-state index contributed by atoms with van der Waals surface area (Å²) in [6, 6.07) is 13.0. The van der Waals surface area contributed by atoms with E-state index in [1.165, 1.54) is 4.90 Å². The fourth-order valence-electron chi connectivity index (χ4n) is 3.30. The van der Waals surface area contributed by atoms with Gasteiger partial charge in [-0.1, -0.05) is 24.3 Å². The number of anilines is 2. The Labute approximate surface area is 159 Å². The lowest BCUT2D eigenvalue weighted by Crippen LogP contribution is -2.35. The van der Waals surface area contributed by atoms with Crippen LogP contribution in [0.25, 0.3) is 0 Å². The average molecular weight is 367 g/mol. The van der Waals surface area contributed by atoms with Crippen LogP contribution in [0.2, 0.25) is 0 Å². The minimum atomic E-state index is -0.638. The van der Waals surface area contributed by atoms with E-state index in [1.807, 2.05) is 63.2 Å². The SMILES string of the molecule is CC(C)(C)OC(=O)N(c1ccccc1)c1ncccc1[C@H]1CCCN1C=O. The standard InChI is InChI=1S/C21H25N3O3/c1-21(2,3)27-20(26)24(16-9-5-4-6-10-16)19-17(11-7-13-22-19)18-12-8-14-23(18)15-25/h4-7,9-11,13,15,18H,8,12,14H2,1-3H3/t18-/m1/s1. The van der Waals surface area contributed by atoms with E-state index in [-0.39, 0.29) is 6.04 Å². The van der Waals surface area contributed by atoms with Gasteiger partial charge in [-0.05, 0) is 51.8 Å². The molecule has 0 spiro atoms. The average Bonchev–Trinajstić information content (AvgIpc) is 3.10. The van der Waals surface area contributed by atoms with Crippen LogP contribution in [0.3, 0.4) is 0 Å². The summed E-state index contributed by atoms with van der Waals surface area (Å²) in [4.78, 5) is 32.3. The maximum Gasteiger partial charge on any atom is 0.420 e. The van der Waals surface area contributed by atoms with Crippen molar-refractivity contribution in [1.29, 1.82) is 0 Å². The Bertz CT molecular complexity index is 802. The first-order valence-corrected chi connectivity index (χ1v) is 9.15. The molecule has 1 aliphatic heterocycles. The summed E-state index contributed by atoms with van der Waals surface area (Å²) in [6.07, 6.45) is 3.79. The van der Waals surface area contributed by atoms with Gasteiger partial charge in [-0.15, -0.1) is 0 Å². The van der Waals surface area contributed by atoms with E-state index < -0.39 is 11.7 Å². The summed E-state index contributed by atoms with van der Waals surface area (Å²) >= 11 is 0. The van der Waals surface area contributed by atoms with E-state index in [1.54, 1.807) is 11.1 Å². The first-order chi connectivity index (χ1) is 12.9. The quantitative estimate of drug-likeness (QED) is 0.749. The largest absolute Gasteiger partial charge is 0.443 e. The van der Waals surface area contributed by atoms with Crippen molar-refractivity contribution in [2.24, 2.45) is 0 Å². The molecule has 1 aliphatic rings. The second-order valence-corrected chi connectivity index (χ2v) is 7.57. The first kappa shape index (κ1) is 18.9. The van der Waals surface area contributed by atoms with Gasteiger partial charge in [0.05, 0.1) is 11.7 Å². The molecule has 0 aliphatic carbocycles. The van der Waals surface area contributed by atoms with Gasteiger partial charge in [-0.2, -0.15) is 0 Å². The number of rotatable bonds is 4. The molecule has 6 nitrogen and oxygen atoms in total. The minimum Gasteiger partial charge on any atom is -0.443 e. The van der Waals surface area contributed by atoms with E-state index in [9.17, 15) is 9.59 Å². The lowest BCUT2D eigenvalue weighted by Gasteiger charge is -2.30. The fourth-order valence-corrected chi connectivity index (χ4v) is 3.30. The van der Waals surface area contributed by atoms with Gasteiger partial charge in [0, 0.05) is 18.3 Å². The number of carbonyl (C=O) groups excluding carboxylic acids is 2. The number of pyridine rings is 1. The van der Waals surface area contributed by atoms with E-state index in [2.05, 4.69) is 4.98 Å². The molecule has 2 aromatic rings. The van der Waals surface area contributed by atoms with E-state index in [0.717, 1.165) is 24.8 Å². The molecule has 1 aromatic heterocycles. The minimum absolute atomic E-state index is 0.0974. The molecule has 2 amide bonds. The van der Waals surface area contributed by atoms with Crippen molar-refractivity contribution in [3.63, 3.8) is 0 Å². The molecule has 1 fully saturated rings. The van der Waals surface area contributed by atoms with Gasteiger partial charge in [-0.25, -0.2) is 14.7 Å². The predicted octanol–water partition coefficient (Wildman–Crippen LogP) is 4.45. The van der Waals surface area contributed by atoms with Gasteiger partial charge < -0.3 is 9.64 Å². The number of carbonyl (C=O) groups is 2. The van der Waals surface area contributed by atoms with Crippen LogP contribution < -0.4 is 4.90 Å². The van der Waals surface area contributed by atoms with Gasteiger partial charge >= 0.3 is 6.09 Å². The molecule has 1 saturated heterocycles. The number of para-hydroxylation sites is 1. The Morgan fingerprint density at radius 1 is 1.22 bits per heavy atom. The second-order valence-electron chi connectivity index (χ2n) is 7.57. The number of amides is 2. The molecule has 1 atom stereocenters. The van der Waals surface area contributed by atoms with Gasteiger partial charge in [0.1, 0.15) is 11.4 Å². The summed E-state index contributed by atoms with van der Waals surface area (Å²) in [5.41, 5.74) is 0.875. The summed E-state index contributed by atoms with van der Waals surface area (Å²) < 4.78 is 5.64. The zero-order valence-electron chi connectivity index (χ0n) is 16.0. The van der Waals surface area contributed by atoms with Crippen molar-refractivity contribution in [3.8, 4) is 0 Å². The number of likely N-dealkylation sites (tertiary alicyclic amines) is 1. The number of nitrogens with zero attached hydrogens (tertiary/aromatic N) is 3. The number of hydrogen-bond donors (Lipinski definition) is 0. The summed E-state index contributed by atoms with van der Waals surface area (Å²) in [5.74, 6) is 0.497. The molecule has 27 heavy (non-hydrogen) atoms. The zero-order chi connectivity index (χ0) is 19.4. The molecule has 6 heteroatoms. The Kier molecular flexibility index (Phi) is 5.44. The maximum atomic E-state index is 13.1. The van der Waals surface area contributed by atoms with E-state index in [0.29, 0.717) is 18.1 Å². The smallest absolute Gasteiger partial charge is 0.420 e. The van der Waals surface area contributed by atoms with Gasteiger partial charge in [0.25, 0.3) is 0 Å². The topological polar surface area (TPSA) is 62.7 Å². The number of benzene rings is 1. The van der Waals surface area contributed by atoms with Crippen LogP contribution in [0.1, 0.15) is 45.2 Å². The summed E-state index contributed by atoms with van der Waals surface area (Å²) in [7, 11) is 0. The lowest BCUT2D eigenvalue weighted by atomic mass is 10.0. The van der Waals surface area contributed by atoms with Gasteiger partial charge in [-0.3, -0.25) is 4.79 Å². The summed E-state index contributed by atoms with van der Waals surface area (Å²) in [5, 5.41) is 0. The van der Waals surface area contributed by atoms with Crippen LogP contribution in [0.5, 0.6) is 0 Å². The third-order valence-electron chi connectivity index (χ3n) is 4.41. The highest BCUT2D eigenvalue weighted by molar-refractivity contribution is 5.96. The Morgan fingerprint density at radius 2 is 1.96 bits per heavy atom. The van der Waals surface area contributed by atoms with E-state index >= 15 is 0 Å². The Balaban J connectivity index is 2.08. The number of hydrogen-bond acceptors (Lipinski definition) is 4. The van der Waals surface area contributed by atoms with Crippen molar-refractivity contribution in [2.75, 3.05) is 11.4 Å². The molecule has 0 N–H and O–H groups in total. The molecule has 0 bridgehead atoms. The van der Waals surface area contributed by atoms with Crippen molar-refractivity contribution in [3.05, 3.63) is 54.2 Å². The molecule has 3 rings (SSSR count). The predicted molar refractivity (Wildman–Crippen MR) is 104 cm³/mol. The van der Waals surface area contributed by atoms with Crippen LogP contribution in [-0.4, -0.2) is 34.5 Å². The molecular formula is C21H25N3O3. The number of ether oxygens (including phenoxy) is 1. The maximum absolute atomic E-state index is 13.1. The van der Waals surface area contributed by atoms with Crippen LogP contribution in [0, 0.1) is 0 Å². The molecule has 0 unspecified atom stereocenters. The zero-order valence-corrected chi connectivity index (χ0v) is 16.0. The number of aromatic nitrogens is 1. The highest BCUT2D eigenvalue weighted by Gasteiger charge is 2.32. The Morgan fingerprint density at radius 3 is 2.63 bits per heavy atom. The monoisotopic (exact) mass is 367 g/mol. The molecule has 1 aromatic carbocycles. The van der Waals surface area contributed by atoms with Gasteiger partial charge in [0.2, 0.25) is 6.41 Å². The fraction of sp³-hybridized carbons (Fsp3) is 0.381. The molecular weight excluding hydrogens is 342 g/mol. The van der Waals surface area contributed by atoms with Crippen LogP contribution in [-0.2, 0) is 9.53 Å². The van der Waals surface area contributed by atoms with Crippen molar-refractivity contribution in [1.82, 2.24) is 9.88 Å². The van der Waals surface area contributed by atoms with E-state index in [4.69, 9.17) is 4.74 Å². The highest BCUT2D eigenvalue weighted by Crippen LogP contribution is 2.38. The second kappa shape index (κ2) is 7.78. The highest BCUT2D eigenvalue weighted by atomic mass is 16.6. The van der Waals surface area contributed by atoms with Crippen molar-refractivity contribution < 1.29 is 14.3 Å². The van der Waals surface area contributed by atoms with Crippen molar-refractivity contribution >= 4 is 24.0 Å². The third-order valence-corrected chi connectivity index (χ3v) is 4.41. The molecule has 142 valence electrons. The lowest BCUT2D eigenvalue weighted by molar-refractivity contribution is -0.118. The van der Waals surface area contributed by atoms with Crippen LogP contribution >= 0.6 is 0 Å². The molecule has 0 saturated carbocycles. The summed E-state index contributed by atoms with van der Waals surface area (Å²) in [6.45, 7) is 6.20. The molecule has 0 radical (unpaired) electrons. The molecule has 2 heterocycles. The van der Waals surface area contributed by atoms with Gasteiger partial charge in [0.15, 0.2) is 0 Å².